The highest BCUT2D eigenvalue weighted by molar-refractivity contribution is 5.85. The molecule has 1 saturated heterocycles. The number of hydrogen-bond donors (Lipinski definition) is 1. The Kier molecular flexibility index (Phi) is 4.65. The smallest absolute Gasteiger partial charge is 0.328 e. The third kappa shape index (κ3) is 4.15. The summed E-state index contributed by atoms with van der Waals surface area (Å²) in [5.74, 6) is -1.35. The lowest BCUT2D eigenvalue weighted by molar-refractivity contribution is -0.131. The van der Waals surface area contributed by atoms with Gasteiger partial charge in [-0.1, -0.05) is 12.1 Å². The SMILES string of the molecule is O=C(O)/C=C/c1ccc(CN2CCOCC2)c(F)c1. The highest BCUT2D eigenvalue weighted by Gasteiger charge is 2.12. The molecule has 1 aliphatic rings. The van der Waals surface area contributed by atoms with Crippen LogP contribution in [0.4, 0.5) is 4.39 Å². The van der Waals surface area contributed by atoms with Crippen LogP contribution in [0.3, 0.4) is 0 Å². The number of aliphatic carboxylic acids is 1. The van der Waals surface area contributed by atoms with Crippen LogP contribution in [0.5, 0.6) is 0 Å². The molecular weight excluding hydrogens is 249 g/mol. The number of benzene rings is 1. The predicted molar refractivity (Wildman–Crippen MR) is 69.2 cm³/mol. The van der Waals surface area contributed by atoms with Crippen LogP contribution >= 0.6 is 0 Å². The van der Waals surface area contributed by atoms with Gasteiger partial charge in [-0.15, -0.1) is 0 Å². The van der Waals surface area contributed by atoms with Gasteiger partial charge < -0.3 is 9.84 Å². The number of nitrogens with zero attached hydrogens (tertiary/aromatic N) is 1. The zero-order chi connectivity index (χ0) is 13.7. The second kappa shape index (κ2) is 6.45. The monoisotopic (exact) mass is 265 g/mol. The summed E-state index contributed by atoms with van der Waals surface area (Å²) in [6.07, 6.45) is 2.38. The van der Waals surface area contributed by atoms with Crippen molar-refractivity contribution >= 4 is 12.0 Å². The molecule has 4 nitrogen and oxygen atoms in total. The standard InChI is InChI=1S/C14H16FNO3/c15-13-9-11(2-4-14(17)18)1-3-12(13)10-16-5-7-19-8-6-16/h1-4,9H,5-8,10H2,(H,17,18)/b4-2+. The molecule has 5 heteroatoms. The number of halogens is 1. The predicted octanol–water partition coefficient (Wildman–Crippen LogP) is 1.76. The summed E-state index contributed by atoms with van der Waals surface area (Å²) < 4.78 is 19.1. The van der Waals surface area contributed by atoms with Gasteiger partial charge in [-0.25, -0.2) is 9.18 Å². The van der Waals surface area contributed by atoms with E-state index in [0.29, 0.717) is 30.9 Å². The largest absolute Gasteiger partial charge is 0.478 e. The van der Waals surface area contributed by atoms with Gasteiger partial charge in [0.25, 0.3) is 0 Å². The third-order valence-electron chi connectivity index (χ3n) is 2.99. The number of rotatable bonds is 4. The minimum atomic E-state index is -1.04. The lowest BCUT2D eigenvalue weighted by atomic mass is 10.1. The van der Waals surface area contributed by atoms with Crippen molar-refractivity contribution in [1.82, 2.24) is 4.90 Å². The first-order valence-corrected chi connectivity index (χ1v) is 6.15. The van der Waals surface area contributed by atoms with Crippen molar-refractivity contribution in [2.75, 3.05) is 26.3 Å². The quantitative estimate of drug-likeness (QED) is 0.843. The summed E-state index contributed by atoms with van der Waals surface area (Å²) in [6.45, 7) is 3.53. The zero-order valence-electron chi connectivity index (χ0n) is 10.5. The van der Waals surface area contributed by atoms with Crippen LogP contribution in [0, 0.1) is 5.82 Å². The van der Waals surface area contributed by atoms with Gasteiger partial charge >= 0.3 is 5.97 Å². The summed E-state index contributed by atoms with van der Waals surface area (Å²) in [6, 6.07) is 4.78. The number of ether oxygens (including phenoxy) is 1. The molecule has 0 spiro atoms. The molecule has 0 atom stereocenters. The Balaban J connectivity index is 2.04. The van der Waals surface area contributed by atoms with Crippen molar-refractivity contribution in [3.8, 4) is 0 Å². The van der Waals surface area contributed by atoms with Gasteiger partial charge in [0.15, 0.2) is 0 Å². The number of carbonyl (C=O) groups is 1. The molecule has 0 aliphatic carbocycles. The van der Waals surface area contributed by atoms with Crippen LogP contribution in [0.15, 0.2) is 24.3 Å². The summed E-state index contributed by atoms with van der Waals surface area (Å²) in [7, 11) is 0. The van der Waals surface area contributed by atoms with Gasteiger partial charge in [0, 0.05) is 31.3 Å². The fourth-order valence-electron chi connectivity index (χ4n) is 1.96. The molecule has 1 N–H and O–H groups in total. The van der Waals surface area contributed by atoms with Crippen LogP contribution in [0.2, 0.25) is 0 Å². The van der Waals surface area contributed by atoms with Crippen LogP contribution in [0.25, 0.3) is 6.08 Å². The highest BCUT2D eigenvalue weighted by Crippen LogP contribution is 2.14. The van der Waals surface area contributed by atoms with E-state index in [1.54, 1.807) is 12.1 Å². The molecule has 0 radical (unpaired) electrons. The Labute approximate surface area is 111 Å². The van der Waals surface area contributed by atoms with Gasteiger partial charge in [-0.3, -0.25) is 4.90 Å². The van der Waals surface area contributed by atoms with Crippen LogP contribution in [-0.2, 0) is 16.1 Å². The molecule has 2 rings (SSSR count). The van der Waals surface area contributed by atoms with Crippen LogP contribution in [0.1, 0.15) is 11.1 Å². The summed E-state index contributed by atoms with van der Waals surface area (Å²) in [4.78, 5) is 12.5. The fourth-order valence-corrected chi connectivity index (χ4v) is 1.96. The minimum Gasteiger partial charge on any atom is -0.478 e. The Bertz CT molecular complexity index is 482. The number of hydrogen-bond acceptors (Lipinski definition) is 3. The summed E-state index contributed by atoms with van der Waals surface area (Å²) in [5, 5.41) is 8.52. The number of morpholine rings is 1. The van der Waals surface area contributed by atoms with Crippen LogP contribution in [-0.4, -0.2) is 42.3 Å². The van der Waals surface area contributed by atoms with Crippen molar-refractivity contribution in [2.45, 2.75) is 6.54 Å². The molecule has 1 aromatic carbocycles. The van der Waals surface area contributed by atoms with Crippen LogP contribution < -0.4 is 0 Å². The van der Waals surface area contributed by atoms with E-state index in [4.69, 9.17) is 9.84 Å². The van der Waals surface area contributed by atoms with E-state index in [-0.39, 0.29) is 5.82 Å². The first-order valence-electron chi connectivity index (χ1n) is 6.15. The maximum atomic E-state index is 13.9. The first-order chi connectivity index (χ1) is 9.15. The maximum Gasteiger partial charge on any atom is 0.328 e. The summed E-state index contributed by atoms with van der Waals surface area (Å²) in [5.41, 5.74) is 1.17. The van der Waals surface area contributed by atoms with Gasteiger partial charge in [-0.05, 0) is 17.7 Å². The molecule has 0 unspecified atom stereocenters. The van der Waals surface area contributed by atoms with E-state index in [9.17, 15) is 9.18 Å². The van der Waals surface area contributed by atoms with Gasteiger partial charge in [0.2, 0.25) is 0 Å². The van der Waals surface area contributed by atoms with Crippen molar-refractivity contribution in [3.63, 3.8) is 0 Å². The molecule has 1 aliphatic heterocycles. The lowest BCUT2D eigenvalue weighted by Crippen LogP contribution is -2.35. The highest BCUT2D eigenvalue weighted by atomic mass is 19.1. The Morgan fingerprint density at radius 1 is 1.42 bits per heavy atom. The molecule has 0 aromatic heterocycles. The van der Waals surface area contributed by atoms with Crippen molar-refractivity contribution in [3.05, 3.63) is 41.2 Å². The molecule has 102 valence electrons. The molecule has 19 heavy (non-hydrogen) atoms. The number of carboxylic acid groups (broad SMARTS) is 1. The second-order valence-corrected chi connectivity index (χ2v) is 4.41. The summed E-state index contributed by atoms with van der Waals surface area (Å²) >= 11 is 0. The van der Waals surface area contributed by atoms with Gasteiger partial charge in [0.05, 0.1) is 13.2 Å². The molecular formula is C14H16FNO3. The molecule has 1 fully saturated rings. The second-order valence-electron chi connectivity index (χ2n) is 4.41. The minimum absolute atomic E-state index is 0.306. The van der Waals surface area contributed by atoms with Crippen molar-refractivity contribution < 1.29 is 19.0 Å². The van der Waals surface area contributed by atoms with Crippen molar-refractivity contribution in [2.24, 2.45) is 0 Å². The average Bonchev–Trinajstić information content (AvgIpc) is 2.40. The molecule has 0 bridgehead atoms. The normalized spacial score (nSPS) is 16.9. The molecule has 0 saturated carbocycles. The fraction of sp³-hybridized carbons (Fsp3) is 0.357. The Hall–Kier alpha value is -1.72. The maximum absolute atomic E-state index is 13.9. The van der Waals surface area contributed by atoms with E-state index < -0.39 is 5.97 Å². The zero-order valence-corrected chi connectivity index (χ0v) is 10.5. The van der Waals surface area contributed by atoms with E-state index in [1.807, 2.05) is 0 Å². The Morgan fingerprint density at radius 3 is 2.79 bits per heavy atom. The van der Waals surface area contributed by atoms with E-state index in [0.717, 1.165) is 19.2 Å². The molecule has 1 heterocycles. The Morgan fingerprint density at radius 2 is 2.16 bits per heavy atom. The van der Waals surface area contributed by atoms with Crippen molar-refractivity contribution in [1.29, 1.82) is 0 Å². The van der Waals surface area contributed by atoms with E-state index in [1.165, 1.54) is 12.1 Å². The van der Waals surface area contributed by atoms with Gasteiger partial charge in [-0.2, -0.15) is 0 Å². The van der Waals surface area contributed by atoms with E-state index in [2.05, 4.69) is 4.90 Å². The third-order valence-corrected chi connectivity index (χ3v) is 2.99. The van der Waals surface area contributed by atoms with Gasteiger partial charge in [0.1, 0.15) is 5.82 Å². The molecule has 1 aromatic rings. The lowest BCUT2D eigenvalue weighted by Gasteiger charge is -2.26. The topological polar surface area (TPSA) is 49.8 Å². The van der Waals surface area contributed by atoms with E-state index >= 15 is 0 Å². The average molecular weight is 265 g/mol. The molecule has 0 amide bonds. The first kappa shape index (κ1) is 13.7. The number of carboxylic acids is 1.